The highest BCUT2D eigenvalue weighted by atomic mass is 79.9. The molecule has 3 N–H and O–H groups in total. The van der Waals surface area contributed by atoms with Crippen LogP contribution in [0.1, 0.15) is 17.1 Å². The van der Waals surface area contributed by atoms with Crippen LogP contribution in [0.25, 0.3) is 0 Å². The summed E-state index contributed by atoms with van der Waals surface area (Å²) >= 11 is 8.42. The van der Waals surface area contributed by atoms with Crippen LogP contribution in [0.3, 0.4) is 0 Å². The van der Waals surface area contributed by atoms with Crippen LogP contribution < -0.4 is 11.1 Å². The van der Waals surface area contributed by atoms with Crippen molar-refractivity contribution >= 4 is 38.8 Å². The molecule has 1 aromatic carbocycles. The summed E-state index contributed by atoms with van der Waals surface area (Å²) in [5.74, 6) is 1.81. The van der Waals surface area contributed by atoms with Gasteiger partial charge in [-0.25, -0.2) is 0 Å². The first-order valence-electron chi connectivity index (χ1n) is 5.45. The van der Waals surface area contributed by atoms with Crippen molar-refractivity contribution in [3.63, 3.8) is 0 Å². The van der Waals surface area contributed by atoms with Crippen LogP contribution in [0.4, 0.5) is 5.69 Å². The molecule has 94 valence electrons. The van der Waals surface area contributed by atoms with E-state index in [0.29, 0.717) is 11.5 Å². The van der Waals surface area contributed by atoms with Crippen LogP contribution in [0.5, 0.6) is 0 Å². The zero-order valence-corrected chi connectivity index (χ0v) is 12.3. The smallest absolute Gasteiger partial charge is 0.123 e. The maximum atomic E-state index is 5.58. The monoisotopic (exact) mass is 324 g/mol. The second-order valence-corrected chi connectivity index (χ2v) is 5.22. The Morgan fingerprint density at radius 3 is 2.72 bits per heavy atom. The van der Waals surface area contributed by atoms with Crippen LogP contribution in [-0.4, -0.2) is 4.99 Å². The molecule has 1 heterocycles. The Morgan fingerprint density at radius 2 is 2.17 bits per heavy atom. The zero-order valence-electron chi connectivity index (χ0n) is 9.87. The minimum Gasteiger partial charge on any atom is -0.465 e. The second-order valence-electron chi connectivity index (χ2n) is 3.92. The van der Waals surface area contributed by atoms with E-state index in [0.717, 1.165) is 27.2 Å². The van der Waals surface area contributed by atoms with E-state index in [1.54, 1.807) is 0 Å². The van der Waals surface area contributed by atoms with Crippen molar-refractivity contribution < 1.29 is 4.42 Å². The first kappa shape index (κ1) is 13.1. The highest BCUT2D eigenvalue weighted by molar-refractivity contribution is 9.10. The molecule has 0 atom stereocenters. The van der Waals surface area contributed by atoms with Gasteiger partial charge in [0.05, 0.1) is 6.54 Å². The predicted octanol–water partition coefficient (Wildman–Crippen LogP) is 3.60. The van der Waals surface area contributed by atoms with Gasteiger partial charge in [-0.05, 0) is 53.2 Å². The summed E-state index contributed by atoms with van der Waals surface area (Å²) in [5, 5.41) is 3.28. The van der Waals surface area contributed by atoms with Crippen molar-refractivity contribution in [2.75, 3.05) is 5.32 Å². The molecule has 3 nitrogen and oxygen atoms in total. The first-order chi connectivity index (χ1) is 8.56. The van der Waals surface area contributed by atoms with E-state index >= 15 is 0 Å². The quantitative estimate of drug-likeness (QED) is 0.844. The molecule has 0 saturated carbocycles. The number of aryl methyl sites for hydroxylation is 1. The van der Waals surface area contributed by atoms with E-state index in [-0.39, 0.29) is 0 Å². The van der Waals surface area contributed by atoms with Crippen LogP contribution in [-0.2, 0) is 6.54 Å². The Kier molecular flexibility index (Phi) is 4.04. The molecule has 0 spiro atoms. The largest absolute Gasteiger partial charge is 0.465 e. The van der Waals surface area contributed by atoms with Crippen LogP contribution in [0.2, 0.25) is 0 Å². The lowest BCUT2D eigenvalue weighted by Gasteiger charge is -2.08. The molecule has 1 aromatic heterocycles. The van der Waals surface area contributed by atoms with Crippen molar-refractivity contribution in [3.8, 4) is 0 Å². The van der Waals surface area contributed by atoms with Gasteiger partial charge >= 0.3 is 0 Å². The summed E-state index contributed by atoms with van der Waals surface area (Å²) < 4.78 is 6.42. The number of furan rings is 1. The third-order valence-corrected chi connectivity index (χ3v) is 3.39. The van der Waals surface area contributed by atoms with E-state index in [1.165, 1.54) is 0 Å². The highest BCUT2D eigenvalue weighted by Crippen LogP contribution is 2.24. The van der Waals surface area contributed by atoms with Crippen molar-refractivity contribution in [1.29, 1.82) is 0 Å². The van der Waals surface area contributed by atoms with Crippen LogP contribution in [0.15, 0.2) is 39.2 Å². The number of benzene rings is 1. The average molecular weight is 325 g/mol. The van der Waals surface area contributed by atoms with Gasteiger partial charge in [-0.15, -0.1) is 0 Å². The lowest BCUT2D eigenvalue weighted by Crippen LogP contribution is -2.09. The normalized spacial score (nSPS) is 10.3. The van der Waals surface area contributed by atoms with Gasteiger partial charge in [0.25, 0.3) is 0 Å². The summed E-state index contributed by atoms with van der Waals surface area (Å²) in [6, 6.07) is 9.64. The van der Waals surface area contributed by atoms with Gasteiger partial charge in [0.1, 0.15) is 16.5 Å². The highest BCUT2D eigenvalue weighted by Gasteiger charge is 2.04. The molecule has 0 fully saturated rings. The molecule has 0 amide bonds. The van der Waals surface area contributed by atoms with E-state index in [9.17, 15) is 0 Å². The average Bonchev–Trinajstić information content (AvgIpc) is 2.73. The number of hydrogen-bond acceptors (Lipinski definition) is 3. The number of hydrogen-bond donors (Lipinski definition) is 2. The summed E-state index contributed by atoms with van der Waals surface area (Å²) in [7, 11) is 0. The fourth-order valence-corrected chi connectivity index (χ4v) is 2.22. The number of halogens is 1. The number of thiocarbonyl (C=S) groups is 1. The Labute approximate surface area is 119 Å². The molecule has 0 aliphatic heterocycles. The zero-order chi connectivity index (χ0) is 13.1. The van der Waals surface area contributed by atoms with E-state index in [4.69, 9.17) is 22.4 Å². The topological polar surface area (TPSA) is 51.2 Å². The lowest BCUT2D eigenvalue weighted by atomic mass is 10.2. The van der Waals surface area contributed by atoms with E-state index in [2.05, 4.69) is 21.2 Å². The molecule has 0 saturated heterocycles. The minimum absolute atomic E-state index is 0.393. The predicted molar refractivity (Wildman–Crippen MR) is 80.8 cm³/mol. The number of anilines is 1. The SMILES string of the molecule is Cc1ccc(CNc2ccc(C(N)=S)cc2Br)o1. The maximum Gasteiger partial charge on any atom is 0.123 e. The molecule has 0 radical (unpaired) electrons. The minimum atomic E-state index is 0.393. The van der Waals surface area contributed by atoms with E-state index < -0.39 is 0 Å². The third-order valence-electron chi connectivity index (χ3n) is 2.50. The molecular formula is C13H13BrN2OS. The van der Waals surface area contributed by atoms with Gasteiger partial charge in [0, 0.05) is 15.7 Å². The summed E-state index contributed by atoms with van der Waals surface area (Å²) in [6.45, 7) is 2.56. The molecule has 2 aromatic rings. The third kappa shape index (κ3) is 3.11. The number of rotatable bonds is 4. The second kappa shape index (κ2) is 5.54. The number of nitrogens with one attached hydrogen (secondary N) is 1. The van der Waals surface area contributed by atoms with Crippen LogP contribution in [0, 0.1) is 6.92 Å². The summed E-state index contributed by atoms with van der Waals surface area (Å²) in [4.78, 5) is 0.393. The Balaban J connectivity index is 2.08. The fourth-order valence-electron chi connectivity index (χ4n) is 1.57. The molecule has 0 aliphatic carbocycles. The summed E-state index contributed by atoms with van der Waals surface area (Å²) in [5.41, 5.74) is 7.40. The molecule has 0 aliphatic rings. The van der Waals surface area contributed by atoms with Crippen molar-refractivity contribution in [2.45, 2.75) is 13.5 Å². The Hall–Kier alpha value is -1.33. The van der Waals surface area contributed by atoms with Gasteiger partial charge in [-0.3, -0.25) is 0 Å². The van der Waals surface area contributed by atoms with Crippen molar-refractivity contribution in [3.05, 3.63) is 51.9 Å². The maximum absolute atomic E-state index is 5.58. The number of nitrogens with two attached hydrogens (primary N) is 1. The van der Waals surface area contributed by atoms with Gasteiger partial charge in [0.15, 0.2) is 0 Å². The van der Waals surface area contributed by atoms with Gasteiger partial charge in [0.2, 0.25) is 0 Å². The molecule has 0 unspecified atom stereocenters. The lowest BCUT2D eigenvalue weighted by molar-refractivity contribution is 0.490. The molecule has 2 rings (SSSR count). The standard InChI is InChI=1S/C13H13BrN2OS/c1-8-2-4-10(17-8)7-16-12-5-3-9(13(15)18)6-11(12)14/h2-6,16H,7H2,1H3,(H2,15,18). The van der Waals surface area contributed by atoms with Gasteiger partial charge in [-0.1, -0.05) is 12.2 Å². The van der Waals surface area contributed by atoms with E-state index in [1.807, 2.05) is 37.3 Å². The fraction of sp³-hybridized carbons (Fsp3) is 0.154. The molecular weight excluding hydrogens is 312 g/mol. The first-order valence-corrected chi connectivity index (χ1v) is 6.65. The van der Waals surface area contributed by atoms with Crippen molar-refractivity contribution in [2.24, 2.45) is 5.73 Å². The summed E-state index contributed by atoms with van der Waals surface area (Å²) in [6.07, 6.45) is 0. The molecule has 5 heteroatoms. The molecule has 0 bridgehead atoms. The Morgan fingerprint density at radius 1 is 1.39 bits per heavy atom. The van der Waals surface area contributed by atoms with Gasteiger partial charge in [-0.2, -0.15) is 0 Å². The van der Waals surface area contributed by atoms with Gasteiger partial charge < -0.3 is 15.5 Å². The van der Waals surface area contributed by atoms with Crippen molar-refractivity contribution in [1.82, 2.24) is 0 Å². The molecule has 18 heavy (non-hydrogen) atoms. The van der Waals surface area contributed by atoms with Crippen LogP contribution >= 0.6 is 28.1 Å². The Bertz CT molecular complexity index is 580.